The second-order valence-corrected chi connectivity index (χ2v) is 8.42. The summed E-state index contributed by atoms with van der Waals surface area (Å²) in [5.74, 6) is 0. The van der Waals surface area contributed by atoms with Gasteiger partial charge in [-0.05, 0) is 42.3 Å². The minimum atomic E-state index is 0.463. The van der Waals surface area contributed by atoms with Crippen molar-refractivity contribution in [1.82, 2.24) is 10.2 Å². The fraction of sp³-hybridized carbons (Fsp3) is 0.933. The summed E-state index contributed by atoms with van der Waals surface area (Å²) in [4.78, 5) is 3.93. The number of nitrogens with zero attached hydrogens (tertiary/aromatic N) is 1. The maximum atomic E-state index is 5.62. The zero-order valence-electron chi connectivity index (χ0n) is 13.2. The number of hydrogen-bond donors (Lipinski definition) is 2. The number of hydrogen-bond acceptors (Lipinski definition) is 1. The van der Waals surface area contributed by atoms with Crippen LogP contribution in [0.15, 0.2) is 0 Å². The van der Waals surface area contributed by atoms with Crippen molar-refractivity contribution in [3.8, 4) is 0 Å². The van der Waals surface area contributed by atoms with E-state index in [0.717, 1.165) is 24.7 Å². The van der Waals surface area contributed by atoms with Crippen molar-refractivity contribution in [3.63, 3.8) is 0 Å². The highest BCUT2D eigenvalue weighted by atomic mass is 32.1. The smallest absolute Gasteiger partial charge is 0.169 e. The van der Waals surface area contributed by atoms with Gasteiger partial charge >= 0.3 is 0 Å². The quantitative estimate of drug-likeness (QED) is 0.752. The van der Waals surface area contributed by atoms with Gasteiger partial charge in [-0.2, -0.15) is 0 Å². The fourth-order valence-corrected chi connectivity index (χ4v) is 4.53. The molecule has 4 heteroatoms. The number of nitrogens with one attached hydrogen (secondary N) is 2. The van der Waals surface area contributed by atoms with E-state index in [0.29, 0.717) is 16.9 Å². The second kappa shape index (κ2) is 5.21. The van der Waals surface area contributed by atoms with Crippen LogP contribution in [-0.4, -0.2) is 49.8 Å². The summed E-state index contributed by atoms with van der Waals surface area (Å²) in [6.07, 6.45) is 3.93. The Morgan fingerprint density at radius 2 is 2.00 bits per heavy atom. The molecule has 110 valence electrons. The Hall–Kier alpha value is -0.350. The molecule has 2 fully saturated rings. The molecule has 2 N–H and O–H groups in total. The van der Waals surface area contributed by atoms with Crippen LogP contribution < -0.4 is 10.2 Å². The first-order valence-electron chi connectivity index (χ1n) is 7.54. The Balaban J connectivity index is 1.93. The summed E-state index contributed by atoms with van der Waals surface area (Å²) in [6, 6.07) is 0.653. The lowest BCUT2D eigenvalue weighted by atomic mass is 9.65. The Labute approximate surface area is 123 Å². The molecule has 2 atom stereocenters. The molecule has 0 spiro atoms. The lowest BCUT2D eigenvalue weighted by Gasteiger charge is -2.39. The fourth-order valence-electron chi connectivity index (χ4n) is 4.22. The van der Waals surface area contributed by atoms with Crippen LogP contribution in [0.1, 0.15) is 40.0 Å². The normalized spacial score (nSPS) is 32.7. The Morgan fingerprint density at radius 3 is 2.63 bits per heavy atom. The van der Waals surface area contributed by atoms with Crippen LogP contribution in [0, 0.1) is 10.8 Å². The molecule has 0 aromatic heterocycles. The van der Waals surface area contributed by atoms with Gasteiger partial charge in [-0.25, -0.2) is 0 Å². The van der Waals surface area contributed by atoms with Crippen LogP contribution in [0.5, 0.6) is 0 Å². The molecule has 1 saturated carbocycles. The number of fused-ring (bicyclic) bond motifs is 2. The molecule has 1 saturated heterocycles. The molecule has 1 heterocycles. The first-order chi connectivity index (χ1) is 8.71. The van der Waals surface area contributed by atoms with Crippen LogP contribution in [0.2, 0.25) is 0 Å². The van der Waals surface area contributed by atoms with E-state index in [1.807, 2.05) is 0 Å². The first kappa shape index (κ1) is 15.0. The molecule has 19 heavy (non-hydrogen) atoms. The van der Waals surface area contributed by atoms with Gasteiger partial charge < -0.3 is 15.1 Å². The van der Waals surface area contributed by atoms with Crippen molar-refractivity contribution < 1.29 is 4.90 Å². The van der Waals surface area contributed by atoms with E-state index in [2.05, 4.69) is 45.1 Å². The van der Waals surface area contributed by atoms with E-state index in [9.17, 15) is 0 Å². The van der Waals surface area contributed by atoms with Crippen molar-refractivity contribution in [2.45, 2.75) is 46.1 Å². The molecular formula is C15H30N3S+. The van der Waals surface area contributed by atoms with E-state index < -0.39 is 0 Å². The van der Waals surface area contributed by atoms with Crippen LogP contribution in [-0.2, 0) is 0 Å². The number of likely N-dealkylation sites (N-methyl/N-ethyl adjacent to an activating group) is 1. The summed E-state index contributed by atoms with van der Waals surface area (Å²) in [5.41, 5.74) is 0.931. The molecule has 0 amide bonds. The van der Waals surface area contributed by atoms with Crippen LogP contribution in [0.4, 0.5) is 0 Å². The van der Waals surface area contributed by atoms with E-state index in [1.54, 1.807) is 0 Å². The van der Waals surface area contributed by atoms with Crippen molar-refractivity contribution in [2.24, 2.45) is 10.8 Å². The number of rotatable bonds is 3. The average Bonchev–Trinajstić information content (AvgIpc) is 2.47. The molecule has 2 rings (SSSR count). The zero-order chi connectivity index (χ0) is 14.3. The molecular weight excluding hydrogens is 254 g/mol. The molecule has 0 radical (unpaired) electrons. The van der Waals surface area contributed by atoms with Gasteiger partial charge in [0.25, 0.3) is 0 Å². The Morgan fingerprint density at radius 1 is 1.32 bits per heavy atom. The molecule has 0 unspecified atom stereocenters. The van der Waals surface area contributed by atoms with Gasteiger partial charge in [0.1, 0.15) is 0 Å². The topological polar surface area (TPSA) is 19.7 Å². The largest absolute Gasteiger partial charge is 0.357 e. The van der Waals surface area contributed by atoms with Gasteiger partial charge in [-0.15, -0.1) is 0 Å². The molecule has 1 aliphatic heterocycles. The molecule has 0 aromatic rings. The second-order valence-electron chi connectivity index (χ2n) is 8.03. The van der Waals surface area contributed by atoms with Gasteiger partial charge in [0, 0.05) is 12.6 Å². The Bertz CT molecular complexity index is 353. The van der Waals surface area contributed by atoms with Gasteiger partial charge in [-0.3, -0.25) is 0 Å². The van der Waals surface area contributed by atoms with Crippen LogP contribution >= 0.6 is 12.2 Å². The Kier molecular flexibility index (Phi) is 4.12. The highest BCUT2D eigenvalue weighted by molar-refractivity contribution is 7.80. The van der Waals surface area contributed by atoms with E-state index in [4.69, 9.17) is 12.2 Å². The molecule has 2 aliphatic rings. The predicted molar refractivity (Wildman–Crippen MR) is 84.5 cm³/mol. The lowest BCUT2D eigenvalue weighted by molar-refractivity contribution is -0.856. The molecule has 3 nitrogen and oxygen atoms in total. The van der Waals surface area contributed by atoms with Gasteiger partial charge in [0.2, 0.25) is 0 Å². The number of likely N-dealkylation sites (tertiary alicyclic amines) is 1. The van der Waals surface area contributed by atoms with E-state index in [-0.39, 0.29) is 0 Å². The van der Waals surface area contributed by atoms with E-state index in [1.165, 1.54) is 24.2 Å². The SMILES string of the molecule is C[NH+](C)CCNC(=S)N1C[C@@]2(C)C[C@H]1CC(C)(C)C2. The summed E-state index contributed by atoms with van der Waals surface area (Å²) in [6.45, 7) is 10.5. The summed E-state index contributed by atoms with van der Waals surface area (Å²) in [7, 11) is 4.36. The monoisotopic (exact) mass is 284 g/mol. The van der Waals surface area contributed by atoms with Gasteiger partial charge in [0.05, 0.1) is 27.2 Å². The van der Waals surface area contributed by atoms with Gasteiger partial charge in [-0.1, -0.05) is 20.8 Å². The maximum absolute atomic E-state index is 5.62. The highest BCUT2D eigenvalue weighted by Gasteiger charge is 2.50. The summed E-state index contributed by atoms with van der Waals surface area (Å²) in [5, 5.41) is 4.43. The van der Waals surface area contributed by atoms with Crippen molar-refractivity contribution in [2.75, 3.05) is 33.7 Å². The van der Waals surface area contributed by atoms with Crippen LogP contribution in [0.3, 0.4) is 0 Å². The first-order valence-corrected chi connectivity index (χ1v) is 7.95. The number of thiocarbonyl (C=S) groups is 1. The van der Waals surface area contributed by atoms with Crippen LogP contribution in [0.25, 0.3) is 0 Å². The summed E-state index contributed by atoms with van der Waals surface area (Å²) < 4.78 is 0. The molecule has 0 aromatic carbocycles. The predicted octanol–water partition coefficient (Wildman–Crippen LogP) is 0.906. The average molecular weight is 284 g/mol. The summed E-state index contributed by atoms with van der Waals surface area (Å²) >= 11 is 5.62. The zero-order valence-corrected chi connectivity index (χ0v) is 14.0. The maximum Gasteiger partial charge on any atom is 0.169 e. The van der Waals surface area contributed by atoms with Crippen molar-refractivity contribution >= 4 is 17.3 Å². The number of quaternary nitrogens is 1. The lowest BCUT2D eigenvalue weighted by Crippen LogP contribution is -3.06. The third-order valence-corrected chi connectivity index (χ3v) is 4.96. The highest BCUT2D eigenvalue weighted by Crippen LogP contribution is 2.52. The molecule has 2 bridgehead atoms. The van der Waals surface area contributed by atoms with Crippen molar-refractivity contribution in [3.05, 3.63) is 0 Å². The van der Waals surface area contributed by atoms with E-state index >= 15 is 0 Å². The minimum absolute atomic E-state index is 0.463. The minimum Gasteiger partial charge on any atom is -0.357 e. The third-order valence-electron chi connectivity index (χ3n) is 4.58. The van der Waals surface area contributed by atoms with Gasteiger partial charge in [0.15, 0.2) is 5.11 Å². The molecule has 1 aliphatic carbocycles. The standard InChI is InChI=1S/C15H29N3S/c1-14(2)8-12-9-15(3,10-14)11-18(12)13(19)16-6-7-17(4)5/h12H,6-11H2,1-5H3,(H,16,19)/p+1/t12-,15+/m1/s1. The van der Waals surface area contributed by atoms with Crippen molar-refractivity contribution in [1.29, 1.82) is 0 Å². The third kappa shape index (κ3) is 3.60.